The predicted molar refractivity (Wildman–Crippen MR) is 107 cm³/mol. The Balaban J connectivity index is 2.05. The molecule has 8 nitrogen and oxygen atoms in total. The van der Waals surface area contributed by atoms with Crippen molar-refractivity contribution in [1.82, 2.24) is 9.47 Å². The van der Waals surface area contributed by atoms with Crippen LogP contribution in [0.3, 0.4) is 0 Å². The van der Waals surface area contributed by atoms with Crippen LogP contribution in [0.2, 0.25) is 5.02 Å². The van der Waals surface area contributed by atoms with Gasteiger partial charge >= 0.3 is 0 Å². The number of pyridine rings is 1. The maximum Gasteiger partial charge on any atom is 0.270 e. The number of benzene rings is 1. The number of ketones is 1. The van der Waals surface area contributed by atoms with Crippen LogP contribution in [0.5, 0.6) is 0 Å². The second-order valence-electron chi connectivity index (χ2n) is 7.17. The Kier molecular flexibility index (Phi) is 6.12. The third-order valence-corrected chi connectivity index (χ3v) is 5.32. The lowest BCUT2D eigenvalue weighted by Crippen LogP contribution is -2.46. The largest absolute Gasteiger partial charge is 0.340 e. The summed E-state index contributed by atoms with van der Waals surface area (Å²) in [6.07, 6.45) is 2.84. The number of likely N-dealkylation sites (tertiary alicyclic amines) is 1. The van der Waals surface area contributed by atoms with Gasteiger partial charge in [0.1, 0.15) is 0 Å². The number of rotatable bonds is 5. The highest BCUT2D eigenvalue weighted by Gasteiger charge is 2.35. The van der Waals surface area contributed by atoms with Crippen LogP contribution < -0.4 is 5.56 Å². The number of non-ortho nitro benzene ring substituents is 1. The highest BCUT2D eigenvalue weighted by atomic mass is 35.5. The average Bonchev–Trinajstić information content (AvgIpc) is 2.71. The van der Waals surface area contributed by atoms with Gasteiger partial charge in [-0.05, 0) is 24.8 Å². The Morgan fingerprint density at radius 2 is 1.90 bits per heavy atom. The quantitative estimate of drug-likeness (QED) is 0.322. The molecular weight excluding hydrogens is 398 g/mol. The molecule has 1 aromatic heterocycles. The summed E-state index contributed by atoms with van der Waals surface area (Å²) < 4.78 is 1.00. The molecule has 0 bridgehead atoms. The van der Waals surface area contributed by atoms with Crippen molar-refractivity contribution in [3.05, 3.63) is 73.6 Å². The lowest BCUT2D eigenvalue weighted by Gasteiger charge is -2.33. The van der Waals surface area contributed by atoms with E-state index in [-0.39, 0.29) is 16.3 Å². The minimum absolute atomic E-state index is 0.0187. The van der Waals surface area contributed by atoms with Gasteiger partial charge in [-0.3, -0.25) is 29.1 Å². The van der Waals surface area contributed by atoms with Crippen molar-refractivity contribution in [2.24, 2.45) is 5.92 Å². The van der Waals surface area contributed by atoms with E-state index in [0.29, 0.717) is 19.0 Å². The van der Waals surface area contributed by atoms with Crippen LogP contribution in [0.25, 0.3) is 0 Å². The van der Waals surface area contributed by atoms with Gasteiger partial charge in [0.25, 0.3) is 17.2 Å². The molecule has 0 aliphatic carbocycles. The first-order valence-corrected chi connectivity index (χ1v) is 9.61. The third kappa shape index (κ3) is 4.54. The summed E-state index contributed by atoms with van der Waals surface area (Å²) in [5.74, 6) is -0.738. The maximum absolute atomic E-state index is 13.3. The van der Waals surface area contributed by atoms with E-state index >= 15 is 0 Å². The van der Waals surface area contributed by atoms with E-state index in [9.17, 15) is 24.5 Å². The highest BCUT2D eigenvalue weighted by Crippen LogP contribution is 2.24. The van der Waals surface area contributed by atoms with Crippen molar-refractivity contribution in [1.29, 1.82) is 0 Å². The van der Waals surface area contributed by atoms with Gasteiger partial charge in [0.15, 0.2) is 11.8 Å². The summed E-state index contributed by atoms with van der Waals surface area (Å²) in [5.41, 5.74) is -0.848. The molecule has 1 aliphatic heterocycles. The summed E-state index contributed by atoms with van der Waals surface area (Å²) in [6.45, 7) is 3.05. The molecule has 0 radical (unpaired) electrons. The summed E-state index contributed by atoms with van der Waals surface area (Å²) in [4.78, 5) is 51.0. The molecule has 0 saturated carbocycles. The van der Waals surface area contributed by atoms with E-state index in [4.69, 9.17) is 11.6 Å². The molecule has 152 valence electrons. The van der Waals surface area contributed by atoms with Crippen molar-refractivity contribution in [3.8, 4) is 0 Å². The Morgan fingerprint density at radius 3 is 2.55 bits per heavy atom. The number of aromatic nitrogens is 1. The molecule has 1 amide bonds. The lowest BCUT2D eigenvalue weighted by molar-refractivity contribution is -0.384. The lowest BCUT2D eigenvalue weighted by atomic mass is 9.97. The van der Waals surface area contributed by atoms with E-state index in [1.165, 1.54) is 36.5 Å². The van der Waals surface area contributed by atoms with Crippen LogP contribution in [-0.4, -0.2) is 39.2 Å². The zero-order chi connectivity index (χ0) is 21.1. The topological polar surface area (TPSA) is 103 Å². The molecule has 0 spiro atoms. The predicted octanol–water partition coefficient (Wildman–Crippen LogP) is 3.09. The summed E-state index contributed by atoms with van der Waals surface area (Å²) in [5, 5.41) is 11.3. The van der Waals surface area contributed by atoms with Crippen molar-refractivity contribution >= 4 is 29.0 Å². The smallest absolute Gasteiger partial charge is 0.270 e. The fourth-order valence-electron chi connectivity index (χ4n) is 3.37. The molecule has 2 aromatic rings. The summed E-state index contributed by atoms with van der Waals surface area (Å²) >= 11 is 6.00. The number of nitro benzene ring substituents is 1. The van der Waals surface area contributed by atoms with Gasteiger partial charge in [0.05, 0.1) is 9.95 Å². The Labute approximate surface area is 171 Å². The fraction of sp³-hybridized carbons (Fsp3) is 0.350. The van der Waals surface area contributed by atoms with Crippen molar-refractivity contribution in [3.63, 3.8) is 0 Å². The summed E-state index contributed by atoms with van der Waals surface area (Å²) in [6, 6.07) is 6.21. The molecule has 2 heterocycles. The number of Topliss-reactive ketones (excluding diaryl/α,β-unsaturated/α-hetero) is 1. The molecule has 1 fully saturated rings. The number of hydrogen-bond acceptors (Lipinski definition) is 5. The zero-order valence-corrected chi connectivity index (χ0v) is 16.5. The van der Waals surface area contributed by atoms with Gasteiger partial charge in [-0.1, -0.05) is 30.7 Å². The van der Waals surface area contributed by atoms with Crippen molar-refractivity contribution in [2.45, 2.75) is 25.8 Å². The monoisotopic (exact) mass is 417 g/mol. The number of carbonyl (C=O) groups excluding carboxylic acids is 2. The van der Waals surface area contributed by atoms with E-state index in [1.807, 2.05) is 0 Å². The zero-order valence-electron chi connectivity index (χ0n) is 15.8. The summed E-state index contributed by atoms with van der Waals surface area (Å²) in [7, 11) is 0. The molecule has 29 heavy (non-hydrogen) atoms. The molecule has 0 unspecified atom stereocenters. The SMILES string of the molecule is CC1CCN(C(=O)[C@@H](C(=O)c2cccc([N+](=O)[O-])c2)n2cc(Cl)ccc2=O)CC1. The second kappa shape index (κ2) is 8.57. The number of halogens is 1. The minimum atomic E-state index is -1.48. The van der Waals surface area contributed by atoms with Gasteiger partial charge in [-0.25, -0.2) is 0 Å². The van der Waals surface area contributed by atoms with Gasteiger partial charge in [-0.15, -0.1) is 0 Å². The van der Waals surface area contributed by atoms with Crippen LogP contribution in [-0.2, 0) is 4.79 Å². The number of nitro groups is 1. The Hall–Kier alpha value is -3.00. The molecule has 1 aromatic carbocycles. The second-order valence-corrected chi connectivity index (χ2v) is 7.61. The first kappa shape index (κ1) is 20.7. The van der Waals surface area contributed by atoms with E-state index < -0.39 is 28.2 Å². The van der Waals surface area contributed by atoms with Crippen LogP contribution >= 0.6 is 11.6 Å². The number of piperidine rings is 1. The first-order chi connectivity index (χ1) is 13.8. The standard InChI is InChI=1S/C20H20ClN3O5/c1-13-7-9-22(10-8-13)20(27)18(23-12-15(21)5-6-17(23)25)19(26)14-3-2-4-16(11-14)24(28)29/h2-6,11-13,18H,7-10H2,1H3/t18-/m1/s1. The molecule has 1 aliphatic rings. The van der Waals surface area contributed by atoms with E-state index in [1.54, 1.807) is 4.90 Å². The number of amides is 1. The van der Waals surface area contributed by atoms with Crippen LogP contribution in [0.4, 0.5) is 5.69 Å². The van der Waals surface area contributed by atoms with E-state index in [0.717, 1.165) is 23.5 Å². The maximum atomic E-state index is 13.3. The Morgan fingerprint density at radius 1 is 1.21 bits per heavy atom. The molecule has 1 saturated heterocycles. The number of hydrogen-bond donors (Lipinski definition) is 0. The van der Waals surface area contributed by atoms with Crippen LogP contribution in [0.15, 0.2) is 47.4 Å². The van der Waals surface area contributed by atoms with Crippen LogP contribution in [0, 0.1) is 16.0 Å². The average molecular weight is 418 g/mol. The fourth-order valence-corrected chi connectivity index (χ4v) is 3.54. The highest BCUT2D eigenvalue weighted by molar-refractivity contribution is 6.30. The molecule has 9 heteroatoms. The first-order valence-electron chi connectivity index (χ1n) is 9.23. The van der Waals surface area contributed by atoms with Crippen LogP contribution in [0.1, 0.15) is 36.2 Å². The minimum Gasteiger partial charge on any atom is -0.340 e. The van der Waals surface area contributed by atoms with Gasteiger partial charge in [0.2, 0.25) is 0 Å². The van der Waals surface area contributed by atoms with Crippen molar-refractivity contribution < 1.29 is 14.5 Å². The molecule has 1 atom stereocenters. The normalized spacial score (nSPS) is 15.7. The van der Waals surface area contributed by atoms with E-state index in [2.05, 4.69) is 6.92 Å². The number of nitrogens with zero attached hydrogens (tertiary/aromatic N) is 3. The van der Waals surface area contributed by atoms with Gasteiger partial charge < -0.3 is 4.90 Å². The van der Waals surface area contributed by atoms with Crippen molar-refractivity contribution in [2.75, 3.05) is 13.1 Å². The molecular formula is C20H20ClN3O5. The third-order valence-electron chi connectivity index (χ3n) is 5.10. The van der Waals surface area contributed by atoms with Gasteiger partial charge in [-0.2, -0.15) is 0 Å². The Bertz CT molecular complexity index is 1010. The molecule has 0 N–H and O–H groups in total. The number of carbonyl (C=O) groups is 2. The van der Waals surface area contributed by atoms with Gasteiger partial charge in [0, 0.05) is 43.0 Å². The molecule has 3 rings (SSSR count).